The highest BCUT2D eigenvalue weighted by Gasteiger charge is 2.16. The molecular formula is C18H12Cl2N2O3. The number of H-pyrrole nitrogens is 1. The molecule has 0 fully saturated rings. The first-order valence-corrected chi connectivity index (χ1v) is 7.95. The van der Waals surface area contributed by atoms with Crippen LogP contribution in [-0.4, -0.2) is 28.4 Å². The summed E-state index contributed by atoms with van der Waals surface area (Å²) in [5, 5.41) is 18.2. The molecule has 1 unspecified atom stereocenters. The smallest absolute Gasteiger partial charge is 0.340 e. The van der Waals surface area contributed by atoms with E-state index in [1.54, 1.807) is 18.3 Å². The van der Waals surface area contributed by atoms with Crippen LogP contribution in [0.4, 0.5) is 0 Å². The Labute approximate surface area is 153 Å². The second kappa shape index (κ2) is 7.16. The lowest BCUT2D eigenvalue weighted by Gasteiger charge is -2.06. The van der Waals surface area contributed by atoms with Gasteiger partial charge in [-0.15, -0.1) is 0 Å². The van der Waals surface area contributed by atoms with Crippen LogP contribution in [0.25, 0.3) is 10.9 Å². The minimum atomic E-state index is -0.995. The van der Waals surface area contributed by atoms with Crippen LogP contribution >= 0.6 is 23.2 Å². The molecule has 0 aliphatic carbocycles. The van der Waals surface area contributed by atoms with Gasteiger partial charge in [0.25, 0.3) is 0 Å². The number of nitrogens with zero attached hydrogens (tertiary/aromatic N) is 1. The lowest BCUT2D eigenvalue weighted by atomic mass is 10.1. The summed E-state index contributed by atoms with van der Waals surface area (Å²) in [5.41, 5.74) is 2.01. The Morgan fingerprint density at radius 1 is 1.28 bits per heavy atom. The molecular weight excluding hydrogens is 363 g/mol. The molecule has 2 aromatic carbocycles. The molecule has 5 nitrogen and oxygen atoms in total. The third-order valence-electron chi connectivity index (χ3n) is 3.57. The normalized spacial score (nSPS) is 11.7. The first-order valence-electron chi connectivity index (χ1n) is 7.19. The standard InChI is InChI=1S/C18H12Cl2N2O3/c1-25-18(24)17-13(19)6-10(7-14(17)20)2-5-16(23)11-3-4-12-9-21-22-15(12)8-11/h3-4,6-9,16,23H,1H3,(H,21,22). The zero-order valence-electron chi connectivity index (χ0n) is 13.0. The van der Waals surface area contributed by atoms with Crippen LogP contribution in [0.2, 0.25) is 10.0 Å². The summed E-state index contributed by atoms with van der Waals surface area (Å²) in [7, 11) is 1.25. The number of aliphatic hydroxyl groups excluding tert-OH is 1. The van der Waals surface area contributed by atoms with Gasteiger partial charge in [-0.1, -0.05) is 47.2 Å². The number of hydrogen-bond donors (Lipinski definition) is 2. The number of hydrogen-bond acceptors (Lipinski definition) is 4. The van der Waals surface area contributed by atoms with E-state index in [0.29, 0.717) is 11.1 Å². The highest BCUT2D eigenvalue weighted by Crippen LogP contribution is 2.27. The maximum absolute atomic E-state index is 11.6. The summed E-state index contributed by atoms with van der Waals surface area (Å²) in [4.78, 5) is 11.6. The Kier molecular flexibility index (Phi) is 4.95. The van der Waals surface area contributed by atoms with Crippen molar-refractivity contribution in [3.05, 3.63) is 63.3 Å². The Morgan fingerprint density at radius 3 is 2.68 bits per heavy atom. The number of esters is 1. The number of ether oxygens (including phenoxy) is 1. The van der Waals surface area contributed by atoms with E-state index in [2.05, 4.69) is 26.8 Å². The lowest BCUT2D eigenvalue weighted by molar-refractivity contribution is 0.0601. The van der Waals surface area contributed by atoms with Crippen molar-refractivity contribution < 1.29 is 14.6 Å². The van der Waals surface area contributed by atoms with Crippen molar-refractivity contribution >= 4 is 40.1 Å². The van der Waals surface area contributed by atoms with Gasteiger partial charge < -0.3 is 9.84 Å². The topological polar surface area (TPSA) is 75.2 Å². The van der Waals surface area contributed by atoms with Crippen molar-refractivity contribution in [1.29, 1.82) is 0 Å². The Morgan fingerprint density at radius 2 is 2.00 bits per heavy atom. The summed E-state index contributed by atoms with van der Waals surface area (Å²) in [6.45, 7) is 0. The molecule has 1 heterocycles. The van der Waals surface area contributed by atoms with Gasteiger partial charge in [0.1, 0.15) is 6.10 Å². The molecule has 0 amide bonds. The van der Waals surface area contributed by atoms with E-state index in [1.807, 2.05) is 6.07 Å². The monoisotopic (exact) mass is 374 g/mol. The van der Waals surface area contributed by atoms with Crippen molar-refractivity contribution in [2.75, 3.05) is 7.11 Å². The van der Waals surface area contributed by atoms with E-state index < -0.39 is 12.1 Å². The molecule has 0 saturated carbocycles. The molecule has 0 aliphatic heterocycles. The molecule has 1 aromatic heterocycles. The number of aromatic amines is 1. The largest absolute Gasteiger partial charge is 0.465 e. The number of nitrogens with one attached hydrogen (secondary N) is 1. The number of benzene rings is 2. The van der Waals surface area contributed by atoms with Gasteiger partial charge in [-0.25, -0.2) is 4.79 Å². The van der Waals surface area contributed by atoms with Crippen LogP contribution in [0.15, 0.2) is 36.5 Å². The molecule has 7 heteroatoms. The van der Waals surface area contributed by atoms with Crippen molar-refractivity contribution in [3.63, 3.8) is 0 Å². The van der Waals surface area contributed by atoms with Crippen molar-refractivity contribution in [1.82, 2.24) is 10.2 Å². The number of carbonyl (C=O) groups is 1. The highest BCUT2D eigenvalue weighted by molar-refractivity contribution is 6.39. The quantitative estimate of drug-likeness (QED) is 0.529. The first kappa shape index (κ1) is 17.3. The summed E-state index contributed by atoms with van der Waals surface area (Å²) in [5.74, 6) is 4.91. The maximum Gasteiger partial charge on any atom is 0.340 e. The van der Waals surface area contributed by atoms with Crippen LogP contribution in [0.1, 0.15) is 27.6 Å². The van der Waals surface area contributed by atoms with Gasteiger partial charge in [-0.05, 0) is 23.8 Å². The van der Waals surface area contributed by atoms with E-state index in [1.165, 1.54) is 19.2 Å². The average Bonchev–Trinajstić information content (AvgIpc) is 3.06. The molecule has 1 atom stereocenters. The minimum absolute atomic E-state index is 0.0848. The van der Waals surface area contributed by atoms with Gasteiger partial charge in [0.05, 0.1) is 34.4 Å². The van der Waals surface area contributed by atoms with Crippen LogP contribution < -0.4 is 0 Å². The predicted octanol–water partition coefficient (Wildman–Crippen LogP) is 3.74. The molecule has 0 radical (unpaired) electrons. The van der Waals surface area contributed by atoms with Crippen molar-refractivity contribution in [3.8, 4) is 11.8 Å². The zero-order chi connectivity index (χ0) is 18.0. The fourth-order valence-corrected chi connectivity index (χ4v) is 2.94. The predicted molar refractivity (Wildman–Crippen MR) is 95.7 cm³/mol. The number of halogens is 2. The van der Waals surface area contributed by atoms with Gasteiger partial charge in [0.15, 0.2) is 0 Å². The summed E-state index contributed by atoms with van der Waals surface area (Å²) < 4.78 is 4.63. The van der Waals surface area contributed by atoms with Gasteiger partial charge in [0, 0.05) is 10.9 Å². The van der Waals surface area contributed by atoms with Gasteiger partial charge >= 0.3 is 5.97 Å². The second-order valence-corrected chi connectivity index (χ2v) is 6.01. The number of aromatic nitrogens is 2. The maximum atomic E-state index is 11.6. The molecule has 25 heavy (non-hydrogen) atoms. The molecule has 3 rings (SSSR count). The SMILES string of the molecule is COC(=O)c1c(Cl)cc(C#CC(O)c2ccc3cn[nH]c3c2)cc1Cl. The Balaban J connectivity index is 1.88. The van der Waals surface area contributed by atoms with Crippen LogP contribution in [-0.2, 0) is 4.74 Å². The summed E-state index contributed by atoms with van der Waals surface area (Å²) in [6.07, 6.45) is 0.704. The van der Waals surface area contributed by atoms with E-state index in [0.717, 1.165) is 10.9 Å². The number of aliphatic hydroxyl groups is 1. The number of fused-ring (bicyclic) bond motifs is 1. The van der Waals surface area contributed by atoms with Crippen LogP contribution in [0.3, 0.4) is 0 Å². The van der Waals surface area contributed by atoms with Crippen molar-refractivity contribution in [2.24, 2.45) is 0 Å². The average molecular weight is 375 g/mol. The summed E-state index contributed by atoms with van der Waals surface area (Å²) in [6, 6.07) is 8.40. The zero-order valence-corrected chi connectivity index (χ0v) is 14.5. The van der Waals surface area contributed by atoms with E-state index in [-0.39, 0.29) is 15.6 Å². The lowest BCUT2D eigenvalue weighted by Crippen LogP contribution is -2.03. The van der Waals surface area contributed by atoms with Gasteiger partial charge in [-0.2, -0.15) is 5.10 Å². The third-order valence-corrected chi connectivity index (χ3v) is 4.16. The molecule has 0 saturated heterocycles. The highest BCUT2D eigenvalue weighted by atomic mass is 35.5. The van der Waals surface area contributed by atoms with Gasteiger partial charge in [-0.3, -0.25) is 5.10 Å². The molecule has 0 aliphatic rings. The first-order chi connectivity index (χ1) is 12.0. The number of carbonyl (C=O) groups excluding carboxylic acids is 1. The molecule has 0 bridgehead atoms. The van der Waals surface area contributed by atoms with E-state index >= 15 is 0 Å². The minimum Gasteiger partial charge on any atom is -0.465 e. The molecule has 2 N–H and O–H groups in total. The van der Waals surface area contributed by atoms with Crippen molar-refractivity contribution in [2.45, 2.75) is 6.10 Å². The molecule has 126 valence electrons. The second-order valence-electron chi connectivity index (χ2n) is 5.20. The fraction of sp³-hybridized carbons (Fsp3) is 0.111. The summed E-state index contributed by atoms with van der Waals surface area (Å²) >= 11 is 12.1. The van der Waals surface area contributed by atoms with E-state index in [4.69, 9.17) is 23.2 Å². The number of methoxy groups -OCH3 is 1. The van der Waals surface area contributed by atoms with Crippen LogP contribution in [0.5, 0.6) is 0 Å². The third kappa shape index (κ3) is 3.62. The Hall–Kier alpha value is -2.52. The number of rotatable bonds is 2. The van der Waals surface area contributed by atoms with E-state index in [9.17, 15) is 9.90 Å². The molecule has 3 aromatic rings. The van der Waals surface area contributed by atoms with Gasteiger partial charge in [0.2, 0.25) is 0 Å². The Bertz CT molecular complexity index is 995. The van der Waals surface area contributed by atoms with Crippen LogP contribution in [0, 0.1) is 11.8 Å². The fourth-order valence-electron chi connectivity index (χ4n) is 2.30. The molecule has 0 spiro atoms.